The number of aromatic nitrogens is 2. The van der Waals surface area contributed by atoms with Gasteiger partial charge in [-0.25, -0.2) is 4.68 Å². The number of rotatable bonds is 5. The van der Waals surface area contributed by atoms with Crippen molar-refractivity contribution in [3.8, 4) is 11.4 Å². The zero-order valence-electron chi connectivity index (χ0n) is 12.2. The van der Waals surface area contributed by atoms with Crippen molar-refractivity contribution >= 4 is 5.91 Å². The number of benzene rings is 1. The van der Waals surface area contributed by atoms with Crippen LogP contribution in [0.4, 0.5) is 0 Å². The standard InChI is InChI=1S/C16H19N3O2/c1-3-16(14(17)20)11-15(16,2)21-13-7-5-12(6-8-13)19-10-4-9-18-19/h4-10H,3,11H2,1-2H3,(H2,17,20). The predicted molar refractivity (Wildman–Crippen MR) is 79.1 cm³/mol. The number of amides is 1. The summed E-state index contributed by atoms with van der Waals surface area (Å²) >= 11 is 0. The van der Waals surface area contributed by atoms with Gasteiger partial charge < -0.3 is 10.5 Å². The molecule has 5 nitrogen and oxygen atoms in total. The zero-order valence-corrected chi connectivity index (χ0v) is 12.2. The van der Waals surface area contributed by atoms with Crippen LogP contribution >= 0.6 is 0 Å². The molecule has 2 N–H and O–H groups in total. The van der Waals surface area contributed by atoms with Crippen LogP contribution < -0.4 is 10.5 Å². The molecule has 2 atom stereocenters. The molecule has 21 heavy (non-hydrogen) atoms. The van der Waals surface area contributed by atoms with Crippen molar-refractivity contribution in [2.45, 2.75) is 32.3 Å². The van der Waals surface area contributed by atoms with E-state index in [0.29, 0.717) is 12.8 Å². The molecule has 1 aromatic heterocycles. The Morgan fingerprint density at radius 1 is 1.43 bits per heavy atom. The second-order valence-electron chi connectivity index (χ2n) is 5.75. The van der Waals surface area contributed by atoms with E-state index in [1.54, 1.807) is 10.9 Å². The van der Waals surface area contributed by atoms with Crippen LogP contribution in [0, 0.1) is 5.41 Å². The van der Waals surface area contributed by atoms with Crippen molar-refractivity contribution in [3.05, 3.63) is 42.7 Å². The number of carbonyl (C=O) groups excluding carboxylic acids is 1. The number of carbonyl (C=O) groups is 1. The molecule has 0 bridgehead atoms. The van der Waals surface area contributed by atoms with Crippen molar-refractivity contribution < 1.29 is 9.53 Å². The summed E-state index contributed by atoms with van der Waals surface area (Å²) in [6.45, 7) is 3.92. The Kier molecular flexibility index (Phi) is 3.01. The molecule has 2 aromatic rings. The molecule has 0 radical (unpaired) electrons. The normalized spacial score (nSPS) is 27.3. The summed E-state index contributed by atoms with van der Waals surface area (Å²) in [5, 5.41) is 4.18. The highest BCUT2D eigenvalue weighted by Crippen LogP contribution is 2.60. The SMILES string of the molecule is CCC1(C(N)=O)CC1(C)Oc1ccc(-n2cccn2)cc1. The lowest BCUT2D eigenvalue weighted by atomic mass is 9.98. The van der Waals surface area contributed by atoms with Gasteiger partial charge in [-0.05, 0) is 43.7 Å². The maximum Gasteiger partial charge on any atom is 0.227 e. The van der Waals surface area contributed by atoms with Crippen molar-refractivity contribution in [2.24, 2.45) is 11.1 Å². The van der Waals surface area contributed by atoms with E-state index in [0.717, 1.165) is 11.4 Å². The van der Waals surface area contributed by atoms with Crippen LogP contribution in [-0.4, -0.2) is 21.3 Å². The van der Waals surface area contributed by atoms with Crippen LogP contribution in [0.25, 0.3) is 5.69 Å². The highest BCUT2D eigenvalue weighted by molar-refractivity contribution is 5.86. The summed E-state index contributed by atoms with van der Waals surface area (Å²) in [5.41, 5.74) is 5.46. The fourth-order valence-electron chi connectivity index (χ4n) is 3.03. The first-order valence-corrected chi connectivity index (χ1v) is 7.10. The van der Waals surface area contributed by atoms with E-state index in [1.807, 2.05) is 50.4 Å². The average Bonchev–Trinajstić information content (AvgIpc) is 2.85. The molecule has 0 saturated heterocycles. The Hall–Kier alpha value is -2.30. The van der Waals surface area contributed by atoms with Gasteiger partial charge in [0.05, 0.1) is 11.1 Å². The fourth-order valence-corrected chi connectivity index (χ4v) is 3.03. The smallest absolute Gasteiger partial charge is 0.227 e. The van der Waals surface area contributed by atoms with Crippen molar-refractivity contribution in [2.75, 3.05) is 0 Å². The summed E-state index contributed by atoms with van der Waals surface area (Å²) in [6, 6.07) is 9.53. The summed E-state index contributed by atoms with van der Waals surface area (Å²) < 4.78 is 7.80. The molecule has 5 heteroatoms. The molecule has 3 rings (SSSR count). The fraction of sp³-hybridized carbons (Fsp3) is 0.375. The monoisotopic (exact) mass is 285 g/mol. The van der Waals surface area contributed by atoms with Gasteiger partial charge >= 0.3 is 0 Å². The molecule has 0 aliphatic heterocycles. The van der Waals surface area contributed by atoms with Gasteiger partial charge in [0, 0.05) is 18.8 Å². The maximum atomic E-state index is 11.7. The average molecular weight is 285 g/mol. The number of hydrogen-bond donors (Lipinski definition) is 1. The van der Waals surface area contributed by atoms with Crippen molar-refractivity contribution in [1.29, 1.82) is 0 Å². The summed E-state index contributed by atoms with van der Waals surface area (Å²) in [6.07, 6.45) is 4.99. The Morgan fingerprint density at radius 2 is 2.14 bits per heavy atom. The second kappa shape index (κ2) is 4.62. The quantitative estimate of drug-likeness (QED) is 0.916. The van der Waals surface area contributed by atoms with Crippen LogP contribution in [-0.2, 0) is 4.79 Å². The number of hydrogen-bond acceptors (Lipinski definition) is 3. The van der Waals surface area contributed by atoms with Gasteiger partial charge in [-0.3, -0.25) is 4.79 Å². The first-order chi connectivity index (χ1) is 10.0. The first kappa shape index (κ1) is 13.7. The molecular weight excluding hydrogens is 266 g/mol. The molecule has 2 unspecified atom stereocenters. The zero-order chi connectivity index (χ0) is 15.1. The van der Waals surface area contributed by atoms with Crippen LogP contribution in [0.2, 0.25) is 0 Å². The molecule has 1 heterocycles. The maximum absolute atomic E-state index is 11.7. The number of nitrogens with zero attached hydrogens (tertiary/aromatic N) is 2. The van der Waals surface area contributed by atoms with Crippen molar-refractivity contribution in [3.63, 3.8) is 0 Å². The molecule has 1 saturated carbocycles. The predicted octanol–water partition coefficient (Wildman–Crippen LogP) is 2.30. The van der Waals surface area contributed by atoms with Crippen LogP contribution in [0.1, 0.15) is 26.7 Å². The topological polar surface area (TPSA) is 70.1 Å². The minimum absolute atomic E-state index is 0.277. The van der Waals surface area contributed by atoms with E-state index in [4.69, 9.17) is 10.5 Å². The number of nitrogens with two attached hydrogens (primary N) is 1. The lowest BCUT2D eigenvalue weighted by Crippen LogP contribution is -2.34. The van der Waals surface area contributed by atoms with E-state index < -0.39 is 11.0 Å². The highest BCUT2D eigenvalue weighted by Gasteiger charge is 2.70. The van der Waals surface area contributed by atoms with E-state index in [-0.39, 0.29) is 5.91 Å². The summed E-state index contributed by atoms with van der Waals surface area (Å²) in [4.78, 5) is 11.7. The first-order valence-electron chi connectivity index (χ1n) is 7.10. The number of primary amides is 1. The van der Waals surface area contributed by atoms with Gasteiger partial charge in [-0.2, -0.15) is 5.10 Å². The minimum Gasteiger partial charge on any atom is -0.486 e. The molecule has 1 aliphatic carbocycles. The molecule has 0 spiro atoms. The molecule has 1 fully saturated rings. The third-order valence-corrected chi connectivity index (χ3v) is 4.55. The van der Waals surface area contributed by atoms with Gasteiger partial charge in [-0.1, -0.05) is 6.92 Å². The summed E-state index contributed by atoms with van der Waals surface area (Å²) in [5.74, 6) is 0.464. The molecule has 110 valence electrons. The third kappa shape index (κ3) is 2.09. The lowest BCUT2D eigenvalue weighted by Gasteiger charge is -2.20. The summed E-state index contributed by atoms with van der Waals surface area (Å²) in [7, 11) is 0. The Labute approximate surface area is 123 Å². The number of ether oxygens (including phenoxy) is 1. The third-order valence-electron chi connectivity index (χ3n) is 4.55. The molecular formula is C16H19N3O2. The van der Waals surface area contributed by atoms with Gasteiger partial charge in [0.15, 0.2) is 0 Å². The Morgan fingerprint density at radius 3 is 2.62 bits per heavy atom. The van der Waals surface area contributed by atoms with Crippen LogP contribution in [0.15, 0.2) is 42.7 Å². The van der Waals surface area contributed by atoms with Crippen LogP contribution in [0.5, 0.6) is 5.75 Å². The van der Waals surface area contributed by atoms with E-state index >= 15 is 0 Å². The van der Waals surface area contributed by atoms with Crippen LogP contribution in [0.3, 0.4) is 0 Å². The minimum atomic E-state index is -0.534. The highest BCUT2D eigenvalue weighted by atomic mass is 16.5. The van der Waals surface area contributed by atoms with E-state index in [2.05, 4.69) is 5.10 Å². The second-order valence-corrected chi connectivity index (χ2v) is 5.75. The van der Waals surface area contributed by atoms with Gasteiger partial charge in [0.25, 0.3) is 0 Å². The van der Waals surface area contributed by atoms with Gasteiger partial charge in [0.1, 0.15) is 11.4 Å². The largest absolute Gasteiger partial charge is 0.486 e. The van der Waals surface area contributed by atoms with E-state index in [1.165, 1.54) is 0 Å². The lowest BCUT2D eigenvalue weighted by molar-refractivity contribution is -0.125. The Bertz CT molecular complexity index is 651. The molecule has 1 aromatic carbocycles. The van der Waals surface area contributed by atoms with Crippen molar-refractivity contribution in [1.82, 2.24) is 9.78 Å². The van der Waals surface area contributed by atoms with Gasteiger partial charge in [-0.15, -0.1) is 0 Å². The molecule has 1 amide bonds. The van der Waals surface area contributed by atoms with Gasteiger partial charge in [0.2, 0.25) is 5.91 Å². The Balaban J connectivity index is 1.76. The van der Waals surface area contributed by atoms with E-state index in [9.17, 15) is 4.79 Å². The molecule has 1 aliphatic rings.